The number of ether oxygens (including phenoxy) is 1. The number of carbonyl (C=O) groups excluding carboxylic acids is 1. The van der Waals surface area contributed by atoms with E-state index in [2.05, 4.69) is 16.8 Å². The summed E-state index contributed by atoms with van der Waals surface area (Å²) >= 11 is 5.95. The number of carbonyl (C=O) groups is 1. The first-order valence-electron chi connectivity index (χ1n) is 6.14. The van der Waals surface area contributed by atoms with Crippen molar-refractivity contribution in [3.05, 3.63) is 28.0 Å². The molecule has 5 heteroatoms. The second-order valence-corrected chi connectivity index (χ2v) is 4.82. The second-order valence-electron chi connectivity index (χ2n) is 4.44. The summed E-state index contributed by atoms with van der Waals surface area (Å²) in [5.41, 5.74) is 2.44. The Morgan fingerprint density at radius 1 is 1.61 bits per heavy atom. The van der Waals surface area contributed by atoms with E-state index in [0.717, 1.165) is 43.7 Å². The van der Waals surface area contributed by atoms with Gasteiger partial charge in [-0.1, -0.05) is 18.5 Å². The minimum Gasteiger partial charge on any atom is -0.465 e. The number of rotatable bonds is 3. The monoisotopic (exact) mass is 268 g/mol. The maximum absolute atomic E-state index is 11.8. The lowest BCUT2D eigenvalue weighted by molar-refractivity contribution is 0.0597. The third kappa shape index (κ3) is 2.65. The third-order valence-electron chi connectivity index (χ3n) is 3.17. The molecule has 1 aliphatic rings. The fourth-order valence-corrected chi connectivity index (χ4v) is 2.55. The van der Waals surface area contributed by atoms with Gasteiger partial charge in [0.15, 0.2) is 0 Å². The first-order valence-corrected chi connectivity index (χ1v) is 6.52. The van der Waals surface area contributed by atoms with Crippen molar-refractivity contribution in [1.29, 1.82) is 0 Å². The van der Waals surface area contributed by atoms with Crippen LogP contribution in [0.1, 0.15) is 35.0 Å². The predicted octanol–water partition coefficient (Wildman–Crippen LogP) is 2.29. The number of hydrogen-bond donors (Lipinski definition) is 0. The van der Waals surface area contributed by atoms with E-state index >= 15 is 0 Å². The van der Waals surface area contributed by atoms with Gasteiger partial charge in [-0.2, -0.15) is 0 Å². The molecule has 0 bridgehead atoms. The average molecular weight is 269 g/mol. The molecule has 18 heavy (non-hydrogen) atoms. The highest BCUT2D eigenvalue weighted by molar-refractivity contribution is 6.29. The zero-order chi connectivity index (χ0) is 13.1. The maximum Gasteiger partial charge on any atom is 0.338 e. The van der Waals surface area contributed by atoms with Crippen LogP contribution in [0.3, 0.4) is 0 Å². The molecule has 98 valence electrons. The van der Waals surface area contributed by atoms with E-state index in [9.17, 15) is 4.79 Å². The molecule has 1 aromatic rings. The van der Waals surface area contributed by atoms with Gasteiger partial charge in [0.25, 0.3) is 0 Å². The van der Waals surface area contributed by atoms with Crippen molar-refractivity contribution < 1.29 is 9.53 Å². The van der Waals surface area contributed by atoms with E-state index in [1.54, 1.807) is 6.07 Å². The van der Waals surface area contributed by atoms with Crippen LogP contribution in [0, 0.1) is 0 Å². The van der Waals surface area contributed by atoms with Crippen molar-refractivity contribution in [1.82, 2.24) is 9.88 Å². The molecular weight excluding hydrogens is 252 g/mol. The molecule has 0 spiro atoms. The van der Waals surface area contributed by atoms with E-state index in [-0.39, 0.29) is 5.97 Å². The Morgan fingerprint density at radius 3 is 3.06 bits per heavy atom. The second kappa shape index (κ2) is 5.67. The van der Waals surface area contributed by atoms with Crippen LogP contribution in [-0.4, -0.2) is 36.1 Å². The number of hydrogen-bond acceptors (Lipinski definition) is 4. The van der Waals surface area contributed by atoms with Crippen LogP contribution in [0.25, 0.3) is 0 Å². The summed E-state index contributed by atoms with van der Waals surface area (Å²) in [6, 6.07) is 1.60. The molecule has 0 saturated heterocycles. The number of fused-ring (bicyclic) bond motifs is 1. The molecule has 0 aromatic carbocycles. The molecular formula is C13H17ClN2O2. The topological polar surface area (TPSA) is 42.4 Å². The van der Waals surface area contributed by atoms with Gasteiger partial charge in [0.1, 0.15) is 5.15 Å². The smallest absolute Gasteiger partial charge is 0.338 e. The van der Waals surface area contributed by atoms with Crippen LogP contribution < -0.4 is 0 Å². The van der Waals surface area contributed by atoms with Crippen molar-refractivity contribution in [2.75, 3.05) is 20.2 Å². The van der Waals surface area contributed by atoms with Gasteiger partial charge in [-0.15, -0.1) is 0 Å². The van der Waals surface area contributed by atoms with Gasteiger partial charge in [-0.05, 0) is 19.0 Å². The molecule has 2 rings (SSSR count). The molecule has 0 N–H and O–H groups in total. The lowest BCUT2D eigenvalue weighted by Crippen LogP contribution is -2.33. The van der Waals surface area contributed by atoms with Gasteiger partial charge < -0.3 is 4.74 Å². The van der Waals surface area contributed by atoms with Crippen molar-refractivity contribution in [2.24, 2.45) is 0 Å². The number of esters is 1. The summed E-state index contributed by atoms with van der Waals surface area (Å²) in [6.45, 7) is 4.89. The van der Waals surface area contributed by atoms with E-state index in [0.29, 0.717) is 10.7 Å². The summed E-state index contributed by atoms with van der Waals surface area (Å²) in [4.78, 5) is 18.4. The van der Waals surface area contributed by atoms with E-state index in [1.807, 2.05) is 0 Å². The molecule has 0 radical (unpaired) electrons. The summed E-state index contributed by atoms with van der Waals surface area (Å²) in [6.07, 6.45) is 1.93. The first kappa shape index (κ1) is 13.3. The number of pyridine rings is 1. The SMILES string of the molecule is CCCN1CCc2nc(Cl)cc(C(=O)OC)c2C1. The Bertz CT molecular complexity index is 463. The quantitative estimate of drug-likeness (QED) is 0.623. The number of methoxy groups -OCH3 is 1. The Labute approximate surface area is 112 Å². The van der Waals surface area contributed by atoms with Gasteiger partial charge in [-0.25, -0.2) is 9.78 Å². The zero-order valence-corrected chi connectivity index (χ0v) is 11.5. The third-order valence-corrected chi connectivity index (χ3v) is 3.36. The normalized spacial score (nSPS) is 15.3. The summed E-state index contributed by atoms with van der Waals surface area (Å²) in [5, 5.41) is 0.359. The van der Waals surface area contributed by atoms with E-state index in [4.69, 9.17) is 16.3 Å². The highest BCUT2D eigenvalue weighted by Crippen LogP contribution is 2.24. The van der Waals surface area contributed by atoms with Crippen LogP contribution in [-0.2, 0) is 17.7 Å². The molecule has 0 unspecified atom stereocenters. The molecule has 0 atom stereocenters. The maximum atomic E-state index is 11.8. The molecule has 0 fully saturated rings. The molecule has 0 aliphatic carbocycles. The van der Waals surface area contributed by atoms with E-state index in [1.165, 1.54) is 7.11 Å². The number of nitrogens with zero attached hydrogens (tertiary/aromatic N) is 2. The van der Waals surface area contributed by atoms with E-state index < -0.39 is 0 Å². The fraction of sp³-hybridized carbons (Fsp3) is 0.538. The van der Waals surface area contributed by atoms with Gasteiger partial charge in [-0.3, -0.25) is 4.90 Å². The molecule has 2 heterocycles. The number of aromatic nitrogens is 1. The highest BCUT2D eigenvalue weighted by atomic mass is 35.5. The van der Waals surface area contributed by atoms with Crippen LogP contribution in [0.15, 0.2) is 6.07 Å². The standard InChI is InChI=1S/C13H17ClN2O2/c1-3-5-16-6-4-11-10(8-16)9(13(17)18-2)7-12(14)15-11/h7H,3-6,8H2,1-2H3. The summed E-state index contributed by atoms with van der Waals surface area (Å²) < 4.78 is 4.81. The Kier molecular flexibility index (Phi) is 4.19. The van der Waals surface area contributed by atoms with Crippen LogP contribution >= 0.6 is 11.6 Å². The largest absolute Gasteiger partial charge is 0.465 e. The minimum atomic E-state index is -0.339. The number of halogens is 1. The highest BCUT2D eigenvalue weighted by Gasteiger charge is 2.23. The van der Waals surface area contributed by atoms with Gasteiger partial charge >= 0.3 is 5.97 Å². The van der Waals surface area contributed by atoms with Gasteiger partial charge in [0.05, 0.1) is 12.7 Å². The summed E-state index contributed by atoms with van der Waals surface area (Å²) in [7, 11) is 1.38. The van der Waals surface area contributed by atoms with Crippen LogP contribution in [0.5, 0.6) is 0 Å². The van der Waals surface area contributed by atoms with Crippen molar-refractivity contribution in [3.8, 4) is 0 Å². The Hall–Kier alpha value is -1.13. The average Bonchev–Trinajstić information content (AvgIpc) is 2.37. The van der Waals surface area contributed by atoms with Crippen molar-refractivity contribution in [3.63, 3.8) is 0 Å². The Morgan fingerprint density at radius 2 is 2.39 bits per heavy atom. The molecule has 1 aromatic heterocycles. The summed E-state index contributed by atoms with van der Waals surface area (Å²) in [5.74, 6) is -0.339. The zero-order valence-electron chi connectivity index (χ0n) is 10.7. The molecule has 0 saturated carbocycles. The first-order chi connectivity index (χ1) is 8.65. The molecule has 4 nitrogen and oxygen atoms in total. The van der Waals surface area contributed by atoms with Crippen LogP contribution in [0.2, 0.25) is 5.15 Å². The fourth-order valence-electron chi connectivity index (χ4n) is 2.34. The van der Waals surface area contributed by atoms with Crippen molar-refractivity contribution in [2.45, 2.75) is 26.3 Å². The predicted molar refractivity (Wildman–Crippen MR) is 69.9 cm³/mol. The lowest BCUT2D eigenvalue weighted by atomic mass is 10.00. The van der Waals surface area contributed by atoms with Crippen molar-refractivity contribution >= 4 is 17.6 Å². The molecule has 1 aliphatic heterocycles. The van der Waals surface area contributed by atoms with Gasteiger partial charge in [0, 0.05) is 30.8 Å². The molecule has 0 amide bonds. The van der Waals surface area contributed by atoms with Crippen LogP contribution in [0.4, 0.5) is 0 Å². The minimum absolute atomic E-state index is 0.339. The lowest BCUT2D eigenvalue weighted by Gasteiger charge is -2.28. The Balaban J connectivity index is 2.37. The van der Waals surface area contributed by atoms with Gasteiger partial charge in [0.2, 0.25) is 0 Å².